The van der Waals surface area contributed by atoms with Crippen LogP contribution in [0.3, 0.4) is 0 Å². The Bertz CT molecular complexity index is 503. The smallest absolute Gasteiger partial charge is 0.306 e. The number of aromatic nitrogens is 2. The number of nitrogens with one attached hydrogen (secondary N) is 1. The quantitative estimate of drug-likeness (QED) is 0.798. The van der Waals surface area contributed by atoms with Crippen LogP contribution in [0.15, 0.2) is 15.8 Å². The number of aromatic amines is 1. The van der Waals surface area contributed by atoms with Crippen molar-refractivity contribution in [2.45, 2.75) is 26.3 Å². The molecular weight excluding hydrogens is 218 g/mol. The van der Waals surface area contributed by atoms with Crippen molar-refractivity contribution in [3.05, 3.63) is 32.6 Å². The number of rotatable bonds is 2. The molecule has 0 saturated carbocycles. The molecule has 1 N–H and O–H groups in total. The highest BCUT2D eigenvalue weighted by Gasteiger charge is 2.18. The van der Waals surface area contributed by atoms with Gasteiger partial charge in [-0.2, -0.15) is 0 Å². The molecule has 2 heterocycles. The SMILES string of the molecule is Cc1cn(CC2CCCN(C)C2)c(=O)[nH]c1=O. The first-order valence-corrected chi connectivity index (χ1v) is 6.05. The van der Waals surface area contributed by atoms with Gasteiger partial charge in [-0.05, 0) is 39.3 Å². The van der Waals surface area contributed by atoms with Gasteiger partial charge in [0.05, 0.1) is 0 Å². The number of nitrogens with zero attached hydrogens (tertiary/aromatic N) is 2. The van der Waals surface area contributed by atoms with Crippen LogP contribution < -0.4 is 11.2 Å². The molecule has 0 aliphatic carbocycles. The summed E-state index contributed by atoms with van der Waals surface area (Å²) in [4.78, 5) is 27.5. The Kier molecular flexibility index (Phi) is 3.47. The molecular formula is C12H19N3O2. The maximum atomic E-state index is 11.6. The third-order valence-corrected chi connectivity index (χ3v) is 3.37. The van der Waals surface area contributed by atoms with Crippen molar-refractivity contribution < 1.29 is 0 Å². The van der Waals surface area contributed by atoms with E-state index in [9.17, 15) is 9.59 Å². The zero-order chi connectivity index (χ0) is 12.4. The fourth-order valence-electron chi connectivity index (χ4n) is 2.45. The van der Waals surface area contributed by atoms with Gasteiger partial charge in [-0.25, -0.2) is 4.79 Å². The Balaban J connectivity index is 2.16. The monoisotopic (exact) mass is 237 g/mol. The first-order valence-electron chi connectivity index (χ1n) is 6.05. The summed E-state index contributed by atoms with van der Waals surface area (Å²) in [6.07, 6.45) is 3.99. The van der Waals surface area contributed by atoms with Gasteiger partial charge < -0.3 is 9.47 Å². The van der Waals surface area contributed by atoms with Gasteiger partial charge >= 0.3 is 5.69 Å². The highest BCUT2D eigenvalue weighted by molar-refractivity contribution is 5.00. The van der Waals surface area contributed by atoms with E-state index in [1.54, 1.807) is 17.7 Å². The minimum Gasteiger partial charge on any atom is -0.306 e. The number of hydrogen-bond acceptors (Lipinski definition) is 3. The molecule has 0 amide bonds. The van der Waals surface area contributed by atoms with Crippen LogP contribution in [0.4, 0.5) is 0 Å². The topological polar surface area (TPSA) is 58.1 Å². The van der Waals surface area contributed by atoms with Crippen molar-refractivity contribution >= 4 is 0 Å². The highest BCUT2D eigenvalue weighted by Crippen LogP contribution is 2.16. The maximum absolute atomic E-state index is 11.6. The lowest BCUT2D eigenvalue weighted by atomic mass is 9.98. The van der Waals surface area contributed by atoms with Crippen LogP contribution in [0.25, 0.3) is 0 Å². The molecule has 5 nitrogen and oxygen atoms in total. The Labute approximate surface area is 100 Å². The van der Waals surface area contributed by atoms with Crippen LogP contribution in [-0.2, 0) is 6.54 Å². The summed E-state index contributed by atoms with van der Waals surface area (Å²) < 4.78 is 1.63. The second kappa shape index (κ2) is 4.87. The van der Waals surface area contributed by atoms with Gasteiger partial charge in [0, 0.05) is 24.8 Å². The van der Waals surface area contributed by atoms with E-state index in [-0.39, 0.29) is 11.2 Å². The summed E-state index contributed by atoms with van der Waals surface area (Å²) in [5, 5.41) is 0. The van der Waals surface area contributed by atoms with Crippen LogP contribution >= 0.6 is 0 Å². The van der Waals surface area contributed by atoms with Gasteiger partial charge in [-0.15, -0.1) is 0 Å². The Morgan fingerprint density at radius 1 is 1.47 bits per heavy atom. The minimum atomic E-state index is -0.297. The average Bonchev–Trinajstić information content (AvgIpc) is 2.26. The van der Waals surface area contributed by atoms with Crippen molar-refractivity contribution in [3.8, 4) is 0 Å². The molecule has 1 aromatic rings. The Morgan fingerprint density at radius 2 is 2.24 bits per heavy atom. The lowest BCUT2D eigenvalue weighted by Gasteiger charge is -2.29. The summed E-state index contributed by atoms with van der Waals surface area (Å²) in [6.45, 7) is 4.57. The fraction of sp³-hybridized carbons (Fsp3) is 0.667. The van der Waals surface area contributed by atoms with E-state index in [1.807, 2.05) is 0 Å². The standard InChI is InChI=1S/C12H19N3O2/c1-9-6-15(12(17)13-11(9)16)8-10-4-3-5-14(2)7-10/h6,10H,3-5,7-8H2,1-2H3,(H,13,16,17). The number of likely N-dealkylation sites (tertiary alicyclic amines) is 1. The van der Waals surface area contributed by atoms with E-state index in [1.165, 1.54) is 6.42 Å². The summed E-state index contributed by atoms with van der Waals surface area (Å²) in [7, 11) is 2.10. The molecule has 2 rings (SSSR count). The molecule has 5 heteroatoms. The van der Waals surface area contributed by atoms with Gasteiger partial charge in [0.2, 0.25) is 0 Å². The lowest BCUT2D eigenvalue weighted by Crippen LogP contribution is -2.38. The van der Waals surface area contributed by atoms with Crippen molar-refractivity contribution in [1.82, 2.24) is 14.5 Å². The largest absolute Gasteiger partial charge is 0.328 e. The molecule has 0 aromatic carbocycles. The molecule has 0 radical (unpaired) electrons. The van der Waals surface area contributed by atoms with Crippen LogP contribution in [0.5, 0.6) is 0 Å². The van der Waals surface area contributed by atoms with E-state index in [4.69, 9.17) is 0 Å². The molecule has 1 fully saturated rings. The molecule has 1 aliphatic heterocycles. The lowest BCUT2D eigenvalue weighted by molar-refractivity contribution is 0.193. The van der Waals surface area contributed by atoms with Gasteiger partial charge in [0.25, 0.3) is 5.56 Å². The van der Waals surface area contributed by atoms with Crippen LogP contribution in [0.2, 0.25) is 0 Å². The highest BCUT2D eigenvalue weighted by atomic mass is 16.2. The second-order valence-corrected chi connectivity index (χ2v) is 4.99. The normalized spacial score (nSPS) is 21.6. The van der Waals surface area contributed by atoms with Gasteiger partial charge in [-0.1, -0.05) is 0 Å². The molecule has 94 valence electrons. The van der Waals surface area contributed by atoms with E-state index >= 15 is 0 Å². The second-order valence-electron chi connectivity index (χ2n) is 4.99. The van der Waals surface area contributed by atoms with Crippen molar-refractivity contribution in [3.63, 3.8) is 0 Å². The van der Waals surface area contributed by atoms with Crippen LogP contribution in [0, 0.1) is 12.8 Å². The van der Waals surface area contributed by atoms with Crippen molar-refractivity contribution in [2.75, 3.05) is 20.1 Å². The van der Waals surface area contributed by atoms with Gasteiger partial charge in [-0.3, -0.25) is 9.78 Å². The van der Waals surface area contributed by atoms with Crippen LogP contribution in [-0.4, -0.2) is 34.6 Å². The first kappa shape index (κ1) is 12.1. The third kappa shape index (κ3) is 2.85. The van der Waals surface area contributed by atoms with Gasteiger partial charge in [0.1, 0.15) is 0 Å². The minimum absolute atomic E-state index is 0.285. The summed E-state index contributed by atoms with van der Waals surface area (Å²) in [6, 6.07) is 0. The summed E-state index contributed by atoms with van der Waals surface area (Å²) in [5.41, 5.74) is 0.00889. The number of hydrogen-bond donors (Lipinski definition) is 1. The van der Waals surface area contributed by atoms with Crippen LogP contribution in [0.1, 0.15) is 18.4 Å². The first-order chi connectivity index (χ1) is 8.06. The van der Waals surface area contributed by atoms with E-state index < -0.39 is 0 Å². The van der Waals surface area contributed by atoms with E-state index in [2.05, 4.69) is 16.9 Å². The number of aryl methyl sites for hydroxylation is 1. The van der Waals surface area contributed by atoms with Crippen molar-refractivity contribution in [1.29, 1.82) is 0 Å². The molecule has 17 heavy (non-hydrogen) atoms. The number of H-pyrrole nitrogens is 1. The molecule has 1 saturated heterocycles. The molecule has 1 aromatic heterocycles. The predicted octanol–water partition coefficient (Wildman–Crippen LogP) is 0.187. The Morgan fingerprint density at radius 3 is 2.94 bits per heavy atom. The summed E-state index contributed by atoms with van der Waals surface area (Å²) in [5.74, 6) is 0.497. The van der Waals surface area contributed by atoms with Crippen molar-refractivity contribution in [2.24, 2.45) is 5.92 Å². The molecule has 1 atom stereocenters. The fourth-order valence-corrected chi connectivity index (χ4v) is 2.45. The zero-order valence-electron chi connectivity index (χ0n) is 10.4. The third-order valence-electron chi connectivity index (χ3n) is 3.37. The maximum Gasteiger partial charge on any atom is 0.328 e. The summed E-state index contributed by atoms with van der Waals surface area (Å²) >= 11 is 0. The molecule has 0 bridgehead atoms. The van der Waals surface area contributed by atoms with E-state index in [0.717, 1.165) is 19.5 Å². The molecule has 0 spiro atoms. The van der Waals surface area contributed by atoms with E-state index in [0.29, 0.717) is 18.0 Å². The molecule has 1 aliphatic rings. The average molecular weight is 237 g/mol. The predicted molar refractivity (Wildman–Crippen MR) is 66.3 cm³/mol. The van der Waals surface area contributed by atoms with Gasteiger partial charge in [0.15, 0.2) is 0 Å². The Hall–Kier alpha value is -1.36. The molecule has 1 unspecified atom stereocenters. The number of piperidine rings is 1. The zero-order valence-corrected chi connectivity index (χ0v) is 10.4.